The van der Waals surface area contributed by atoms with Crippen LogP contribution in [0.3, 0.4) is 0 Å². The second-order valence-electron chi connectivity index (χ2n) is 4.89. The quantitative estimate of drug-likeness (QED) is 0.816. The van der Waals surface area contributed by atoms with Gasteiger partial charge >= 0.3 is 5.97 Å². The summed E-state index contributed by atoms with van der Waals surface area (Å²) in [6, 6.07) is 6.02. The zero-order valence-corrected chi connectivity index (χ0v) is 12.5. The van der Waals surface area contributed by atoms with E-state index < -0.39 is 5.41 Å². The molecule has 0 N–H and O–H groups in total. The molecule has 1 saturated carbocycles. The van der Waals surface area contributed by atoms with Crippen molar-refractivity contribution in [1.82, 2.24) is 9.55 Å². The predicted molar refractivity (Wildman–Crippen MR) is 76.0 cm³/mol. The highest BCUT2D eigenvalue weighted by Crippen LogP contribution is 2.49. The molecule has 1 heterocycles. The summed E-state index contributed by atoms with van der Waals surface area (Å²) >= 11 is 3.46. The molecule has 0 bridgehead atoms. The van der Waals surface area contributed by atoms with E-state index in [2.05, 4.69) is 32.4 Å². The maximum atomic E-state index is 12.0. The topological polar surface area (TPSA) is 44.1 Å². The van der Waals surface area contributed by atoms with E-state index in [9.17, 15) is 4.79 Å². The Morgan fingerprint density at radius 2 is 2.26 bits per heavy atom. The average molecular weight is 323 g/mol. The first-order chi connectivity index (χ1) is 9.12. The third kappa shape index (κ3) is 1.79. The van der Waals surface area contributed by atoms with Gasteiger partial charge in [-0.3, -0.25) is 4.79 Å². The van der Waals surface area contributed by atoms with Gasteiger partial charge in [0, 0.05) is 11.0 Å². The SMILES string of the molecule is CCn1c(C2(C(=O)OC)CC2)nc2cc(Br)ccc21. The van der Waals surface area contributed by atoms with Gasteiger partial charge < -0.3 is 9.30 Å². The molecule has 5 heteroatoms. The van der Waals surface area contributed by atoms with Crippen LogP contribution in [0.2, 0.25) is 0 Å². The van der Waals surface area contributed by atoms with Gasteiger partial charge in [-0.15, -0.1) is 0 Å². The number of aryl methyl sites for hydroxylation is 1. The molecule has 3 rings (SSSR count). The molecule has 0 aliphatic heterocycles. The lowest BCUT2D eigenvalue weighted by Crippen LogP contribution is -2.26. The Hall–Kier alpha value is -1.36. The lowest BCUT2D eigenvalue weighted by molar-refractivity contribution is -0.144. The first-order valence-electron chi connectivity index (χ1n) is 6.37. The number of esters is 1. The van der Waals surface area contributed by atoms with Crippen LogP contribution in [0, 0.1) is 0 Å². The van der Waals surface area contributed by atoms with E-state index in [1.54, 1.807) is 0 Å². The Bertz CT molecular complexity index is 659. The normalized spacial score (nSPS) is 16.6. The lowest BCUT2D eigenvalue weighted by atomic mass is 10.1. The van der Waals surface area contributed by atoms with Crippen molar-refractivity contribution >= 4 is 32.9 Å². The summed E-state index contributed by atoms with van der Waals surface area (Å²) in [7, 11) is 1.44. The Kier molecular flexibility index (Phi) is 2.89. The fourth-order valence-corrected chi connectivity index (χ4v) is 2.98. The minimum absolute atomic E-state index is 0.170. The van der Waals surface area contributed by atoms with Crippen LogP contribution in [0.15, 0.2) is 22.7 Å². The molecule has 1 aromatic heterocycles. The highest BCUT2D eigenvalue weighted by molar-refractivity contribution is 9.10. The zero-order chi connectivity index (χ0) is 13.6. The first kappa shape index (κ1) is 12.7. The van der Waals surface area contributed by atoms with Gasteiger partial charge in [-0.25, -0.2) is 4.98 Å². The molecule has 0 radical (unpaired) electrons. The summed E-state index contributed by atoms with van der Waals surface area (Å²) in [4.78, 5) is 16.7. The van der Waals surface area contributed by atoms with E-state index in [4.69, 9.17) is 4.74 Å². The molecule has 0 saturated heterocycles. The maximum Gasteiger partial charge on any atom is 0.319 e. The molecule has 1 aliphatic carbocycles. The van der Waals surface area contributed by atoms with Crippen LogP contribution < -0.4 is 0 Å². The number of halogens is 1. The number of ether oxygens (including phenoxy) is 1. The summed E-state index contributed by atoms with van der Waals surface area (Å²) in [5.41, 5.74) is 1.47. The molecule has 4 nitrogen and oxygen atoms in total. The fourth-order valence-electron chi connectivity index (χ4n) is 2.63. The number of imidazole rings is 1. The Balaban J connectivity index is 2.21. The van der Waals surface area contributed by atoms with Crippen molar-refractivity contribution in [3.63, 3.8) is 0 Å². The van der Waals surface area contributed by atoms with Crippen LogP contribution in [0.1, 0.15) is 25.6 Å². The highest BCUT2D eigenvalue weighted by atomic mass is 79.9. The maximum absolute atomic E-state index is 12.0. The van der Waals surface area contributed by atoms with E-state index >= 15 is 0 Å². The van der Waals surface area contributed by atoms with Gasteiger partial charge in [0.15, 0.2) is 0 Å². The lowest BCUT2D eigenvalue weighted by Gasteiger charge is -2.14. The number of hydrogen-bond donors (Lipinski definition) is 0. The molecule has 1 aliphatic rings. The van der Waals surface area contributed by atoms with E-state index in [1.807, 2.05) is 18.2 Å². The van der Waals surface area contributed by atoms with Crippen molar-refractivity contribution in [2.45, 2.75) is 31.7 Å². The van der Waals surface area contributed by atoms with E-state index in [-0.39, 0.29) is 5.97 Å². The number of benzene rings is 1. The molecule has 1 aromatic carbocycles. The molecular formula is C14H15BrN2O2. The summed E-state index contributed by atoms with van der Waals surface area (Å²) in [6.45, 7) is 2.87. The first-order valence-corrected chi connectivity index (χ1v) is 7.16. The number of fused-ring (bicyclic) bond motifs is 1. The molecular weight excluding hydrogens is 308 g/mol. The minimum atomic E-state index is -0.518. The standard InChI is InChI=1S/C14H15BrN2O2/c1-3-17-11-5-4-9(15)8-10(11)16-12(17)14(6-7-14)13(18)19-2/h4-5,8H,3,6-7H2,1-2H3. The number of rotatable bonds is 3. The van der Waals surface area contributed by atoms with Gasteiger partial charge in [-0.1, -0.05) is 15.9 Å². The van der Waals surface area contributed by atoms with Crippen LogP contribution >= 0.6 is 15.9 Å². The number of hydrogen-bond acceptors (Lipinski definition) is 3. The van der Waals surface area contributed by atoms with E-state index in [0.29, 0.717) is 0 Å². The number of aromatic nitrogens is 2. The second kappa shape index (κ2) is 4.34. The summed E-state index contributed by atoms with van der Waals surface area (Å²) < 4.78 is 8.06. The third-order valence-electron chi connectivity index (χ3n) is 3.78. The van der Waals surface area contributed by atoms with Crippen molar-refractivity contribution in [2.24, 2.45) is 0 Å². The highest BCUT2D eigenvalue weighted by Gasteiger charge is 2.56. The van der Waals surface area contributed by atoms with Gasteiger partial charge in [0.1, 0.15) is 11.2 Å². The smallest absolute Gasteiger partial charge is 0.319 e. The minimum Gasteiger partial charge on any atom is -0.468 e. The van der Waals surface area contributed by atoms with Crippen LogP contribution in [-0.4, -0.2) is 22.6 Å². The average Bonchev–Trinajstić information content (AvgIpc) is 3.14. The summed E-state index contributed by atoms with van der Waals surface area (Å²) in [6.07, 6.45) is 1.65. The fraction of sp³-hybridized carbons (Fsp3) is 0.429. The van der Waals surface area contributed by atoms with E-state index in [0.717, 1.165) is 40.7 Å². The van der Waals surface area contributed by atoms with Gasteiger partial charge in [0.25, 0.3) is 0 Å². The largest absolute Gasteiger partial charge is 0.468 e. The third-order valence-corrected chi connectivity index (χ3v) is 4.27. The van der Waals surface area contributed by atoms with E-state index in [1.165, 1.54) is 7.11 Å². The molecule has 2 aromatic rings. The molecule has 0 atom stereocenters. The number of nitrogens with zero attached hydrogens (tertiary/aromatic N) is 2. The van der Waals surface area contributed by atoms with Crippen LogP contribution in [0.5, 0.6) is 0 Å². The second-order valence-corrected chi connectivity index (χ2v) is 5.80. The monoisotopic (exact) mass is 322 g/mol. The summed E-state index contributed by atoms with van der Waals surface area (Å²) in [5, 5.41) is 0. The molecule has 1 fully saturated rings. The van der Waals surface area contributed by atoms with Crippen molar-refractivity contribution in [3.8, 4) is 0 Å². The van der Waals surface area contributed by atoms with Gasteiger partial charge in [0.2, 0.25) is 0 Å². The van der Waals surface area contributed by atoms with Crippen molar-refractivity contribution in [3.05, 3.63) is 28.5 Å². The van der Waals surface area contributed by atoms with Crippen LogP contribution in [-0.2, 0) is 21.5 Å². The molecule has 100 valence electrons. The number of carbonyl (C=O) groups excluding carboxylic acids is 1. The van der Waals surface area contributed by atoms with Gasteiger partial charge in [-0.05, 0) is 38.0 Å². The Morgan fingerprint density at radius 1 is 1.53 bits per heavy atom. The van der Waals surface area contributed by atoms with Crippen molar-refractivity contribution in [2.75, 3.05) is 7.11 Å². The molecule has 0 spiro atoms. The Morgan fingerprint density at radius 3 is 2.84 bits per heavy atom. The molecule has 19 heavy (non-hydrogen) atoms. The molecule has 0 unspecified atom stereocenters. The van der Waals surface area contributed by atoms with Crippen LogP contribution in [0.4, 0.5) is 0 Å². The van der Waals surface area contributed by atoms with Crippen molar-refractivity contribution in [1.29, 1.82) is 0 Å². The summed E-state index contributed by atoms with van der Waals surface area (Å²) in [5.74, 6) is 0.673. The predicted octanol–water partition coefficient (Wildman–Crippen LogP) is 3.02. The molecule has 0 amide bonds. The Labute approximate surface area is 119 Å². The zero-order valence-electron chi connectivity index (χ0n) is 10.9. The number of carbonyl (C=O) groups is 1. The van der Waals surface area contributed by atoms with Crippen LogP contribution in [0.25, 0.3) is 11.0 Å². The van der Waals surface area contributed by atoms with Crippen molar-refractivity contribution < 1.29 is 9.53 Å². The van der Waals surface area contributed by atoms with Gasteiger partial charge in [0.05, 0.1) is 18.1 Å². The number of methoxy groups -OCH3 is 1. The van der Waals surface area contributed by atoms with Gasteiger partial charge in [-0.2, -0.15) is 0 Å².